The Bertz CT molecular complexity index is 434. The Morgan fingerprint density at radius 3 is 2.72 bits per heavy atom. The second-order valence-corrected chi connectivity index (χ2v) is 7.63. The van der Waals surface area contributed by atoms with Crippen LogP contribution in [0.4, 0.5) is 5.69 Å². The molecule has 0 saturated carbocycles. The van der Waals surface area contributed by atoms with E-state index < -0.39 is 6.10 Å². The third-order valence-corrected chi connectivity index (χ3v) is 4.82. The molecule has 1 aliphatic heterocycles. The molecule has 1 heterocycles. The lowest BCUT2D eigenvalue weighted by Crippen LogP contribution is -2.43. The molecule has 4 heteroatoms. The molecule has 1 atom stereocenters. The van der Waals surface area contributed by atoms with Crippen LogP contribution in [-0.2, 0) is 0 Å². The van der Waals surface area contributed by atoms with Crippen LogP contribution in [0.1, 0.15) is 32.4 Å². The quantitative estimate of drug-likeness (QED) is 0.896. The highest BCUT2D eigenvalue weighted by Crippen LogP contribution is 2.36. The van der Waals surface area contributed by atoms with Crippen molar-refractivity contribution in [1.82, 2.24) is 0 Å². The number of benzene rings is 1. The monoisotopic (exact) mass is 285 g/mol. The summed E-state index contributed by atoms with van der Waals surface area (Å²) in [6, 6.07) is 5.85. The second kappa shape index (κ2) is 5.32. The van der Waals surface area contributed by atoms with Crippen molar-refractivity contribution in [3.05, 3.63) is 28.8 Å². The molecule has 0 radical (unpaired) electrons. The normalized spacial score (nSPS) is 20.8. The lowest BCUT2D eigenvalue weighted by Gasteiger charge is -2.39. The molecular weight excluding hydrogens is 266 g/mol. The van der Waals surface area contributed by atoms with Gasteiger partial charge in [0.05, 0.1) is 16.8 Å². The second-order valence-electron chi connectivity index (χ2n) is 5.42. The molecule has 1 fully saturated rings. The SMILES string of the molecule is C[C@@H](O)c1ccc(N2CCSC(C)(C)C2)c(Cl)c1. The van der Waals surface area contributed by atoms with E-state index in [9.17, 15) is 5.11 Å². The standard InChI is InChI=1S/C14H20ClNOS/c1-10(17)11-4-5-13(12(15)8-11)16-6-7-18-14(2,3)9-16/h4-5,8,10,17H,6-7,9H2,1-3H3/t10-/m1/s1. The first-order chi connectivity index (χ1) is 8.39. The van der Waals surface area contributed by atoms with E-state index in [-0.39, 0.29) is 4.75 Å². The lowest BCUT2D eigenvalue weighted by molar-refractivity contribution is 0.199. The van der Waals surface area contributed by atoms with Crippen LogP contribution in [0.2, 0.25) is 5.02 Å². The fraction of sp³-hybridized carbons (Fsp3) is 0.571. The summed E-state index contributed by atoms with van der Waals surface area (Å²) in [5.41, 5.74) is 1.95. The van der Waals surface area contributed by atoms with E-state index in [1.807, 2.05) is 30.0 Å². The van der Waals surface area contributed by atoms with Gasteiger partial charge in [0.2, 0.25) is 0 Å². The molecule has 0 bridgehead atoms. The number of hydrogen-bond donors (Lipinski definition) is 1. The Labute approximate surface area is 118 Å². The Morgan fingerprint density at radius 1 is 1.44 bits per heavy atom. The Hall–Kier alpha value is -0.380. The third-order valence-electron chi connectivity index (χ3n) is 3.22. The van der Waals surface area contributed by atoms with Crippen molar-refractivity contribution in [2.75, 3.05) is 23.7 Å². The van der Waals surface area contributed by atoms with Gasteiger partial charge in [-0.25, -0.2) is 0 Å². The maximum atomic E-state index is 9.56. The maximum absolute atomic E-state index is 9.56. The third kappa shape index (κ3) is 3.14. The molecule has 0 aromatic heterocycles. The summed E-state index contributed by atoms with van der Waals surface area (Å²) in [6.45, 7) is 8.32. The molecule has 1 saturated heterocycles. The largest absolute Gasteiger partial charge is 0.389 e. The summed E-state index contributed by atoms with van der Waals surface area (Å²) in [6.07, 6.45) is -0.468. The molecule has 2 nitrogen and oxygen atoms in total. The zero-order valence-corrected chi connectivity index (χ0v) is 12.7. The van der Waals surface area contributed by atoms with Crippen molar-refractivity contribution in [2.24, 2.45) is 0 Å². The molecule has 100 valence electrons. The van der Waals surface area contributed by atoms with Crippen LogP contribution in [-0.4, -0.2) is 28.7 Å². The number of anilines is 1. The van der Waals surface area contributed by atoms with E-state index in [4.69, 9.17) is 11.6 Å². The Kier molecular flexibility index (Phi) is 4.15. The molecule has 0 unspecified atom stereocenters. The molecule has 1 N–H and O–H groups in total. The van der Waals surface area contributed by atoms with Gasteiger partial charge in [-0.15, -0.1) is 0 Å². The predicted molar refractivity (Wildman–Crippen MR) is 80.8 cm³/mol. The lowest BCUT2D eigenvalue weighted by atomic mass is 10.1. The number of nitrogens with zero attached hydrogens (tertiary/aromatic N) is 1. The Balaban J connectivity index is 2.23. The van der Waals surface area contributed by atoms with E-state index in [1.54, 1.807) is 6.92 Å². The number of halogens is 1. The number of hydrogen-bond acceptors (Lipinski definition) is 3. The first-order valence-electron chi connectivity index (χ1n) is 6.25. The summed E-state index contributed by atoms with van der Waals surface area (Å²) in [5, 5.41) is 10.3. The number of rotatable bonds is 2. The predicted octanol–water partition coefficient (Wildman–Crippen LogP) is 3.73. The van der Waals surface area contributed by atoms with Gasteiger partial charge in [-0.3, -0.25) is 0 Å². The fourth-order valence-electron chi connectivity index (χ4n) is 2.26. The van der Waals surface area contributed by atoms with Crippen LogP contribution in [0.25, 0.3) is 0 Å². The van der Waals surface area contributed by atoms with Gasteiger partial charge in [-0.05, 0) is 38.5 Å². The van der Waals surface area contributed by atoms with Gasteiger partial charge in [0.1, 0.15) is 0 Å². The van der Waals surface area contributed by atoms with Gasteiger partial charge in [0, 0.05) is 23.6 Å². The van der Waals surface area contributed by atoms with Gasteiger partial charge in [-0.2, -0.15) is 11.8 Å². The number of aliphatic hydroxyl groups is 1. The molecule has 1 aliphatic rings. The Morgan fingerprint density at radius 2 is 2.17 bits per heavy atom. The highest BCUT2D eigenvalue weighted by molar-refractivity contribution is 8.00. The van der Waals surface area contributed by atoms with E-state index in [1.165, 1.54) is 0 Å². The van der Waals surface area contributed by atoms with Gasteiger partial charge in [0.25, 0.3) is 0 Å². The highest BCUT2D eigenvalue weighted by atomic mass is 35.5. The van der Waals surface area contributed by atoms with Crippen LogP contribution in [0.5, 0.6) is 0 Å². The van der Waals surface area contributed by atoms with E-state index in [0.717, 1.165) is 35.1 Å². The van der Waals surface area contributed by atoms with Crippen molar-refractivity contribution in [3.63, 3.8) is 0 Å². The summed E-state index contributed by atoms with van der Waals surface area (Å²) < 4.78 is 0.268. The van der Waals surface area contributed by atoms with E-state index in [2.05, 4.69) is 18.7 Å². The van der Waals surface area contributed by atoms with Crippen molar-refractivity contribution >= 4 is 29.1 Å². The minimum Gasteiger partial charge on any atom is -0.389 e. The molecule has 1 aromatic carbocycles. The zero-order chi connectivity index (χ0) is 13.3. The minimum absolute atomic E-state index is 0.268. The minimum atomic E-state index is -0.468. The number of thioether (sulfide) groups is 1. The first-order valence-corrected chi connectivity index (χ1v) is 7.62. The smallest absolute Gasteiger partial charge is 0.0762 e. The summed E-state index contributed by atoms with van der Waals surface area (Å²) in [7, 11) is 0. The van der Waals surface area contributed by atoms with E-state index in [0.29, 0.717) is 0 Å². The molecular formula is C14H20ClNOS. The van der Waals surface area contributed by atoms with Crippen LogP contribution in [0.15, 0.2) is 18.2 Å². The van der Waals surface area contributed by atoms with Gasteiger partial charge >= 0.3 is 0 Å². The molecule has 0 spiro atoms. The summed E-state index contributed by atoms with van der Waals surface area (Å²) in [5.74, 6) is 1.13. The molecule has 0 amide bonds. The van der Waals surface area contributed by atoms with E-state index >= 15 is 0 Å². The van der Waals surface area contributed by atoms with Crippen molar-refractivity contribution in [2.45, 2.75) is 31.6 Å². The van der Waals surface area contributed by atoms with Gasteiger partial charge < -0.3 is 10.0 Å². The topological polar surface area (TPSA) is 23.5 Å². The van der Waals surface area contributed by atoms with Crippen molar-refractivity contribution < 1.29 is 5.11 Å². The molecule has 0 aliphatic carbocycles. The van der Waals surface area contributed by atoms with Crippen LogP contribution in [0.3, 0.4) is 0 Å². The number of aliphatic hydroxyl groups excluding tert-OH is 1. The highest BCUT2D eigenvalue weighted by Gasteiger charge is 2.28. The van der Waals surface area contributed by atoms with Crippen molar-refractivity contribution in [1.29, 1.82) is 0 Å². The molecule has 1 aromatic rings. The van der Waals surface area contributed by atoms with Gasteiger partial charge in [0.15, 0.2) is 0 Å². The maximum Gasteiger partial charge on any atom is 0.0762 e. The average Bonchev–Trinajstić information content (AvgIpc) is 2.27. The summed E-state index contributed by atoms with van der Waals surface area (Å²) in [4.78, 5) is 2.34. The van der Waals surface area contributed by atoms with Crippen LogP contribution < -0.4 is 4.90 Å². The van der Waals surface area contributed by atoms with Gasteiger partial charge in [-0.1, -0.05) is 17.7 Å². The first kappa shape index (κ1) is 14.0. The van der Waals surface area contributed by atoms with Crippen LogP contribution >= 0.6 is 23.4 Å². The average molecular weight is 286 g/mol. The zero-order valence-electron chi connectivity index (χ0n) is 11.1. The van der Waals surface area contributed by atoms with Crippen LogP contribution in [0, 0.1) is 0 Å². The fourth-order valence-corrected chi connectivity index (χ4v) is 3.68. The summed E-state index contributed by atoms with van der Waals surface area (Å²) >= 11 is 8.35. The molecule has 2 rings (SSSR count). The van der Waals surface area contributed by atoms with Crippen molar-refractivity contribution in [3.8, 4) is 0 Å². The molecule has 18 heavy (non-hydrogen) atoms.